The highest BCUT2D eigenvalue weighted by atomic mass is 19.1. The summed E-state index contributed by atoms with van der Waals surface area (Å²) in [5.41, 5.74) is 2.24. The van der Waals surface area contributed by atoms with Gasteiger partial charge in [0, 0.05) is 37.1 Å². The second kappa shape index (κ2) is 7.42. The van der Waals surface area contributed by atoms with Crippen LogP contribution in [-0.4, -0.2) is 29.9 Å². The second-order valence-corrected chi connectivity index (χ2v) is 6.12. The Hall–Kier alpha value is -2.76. The number of halogens is 1. The molecule has 1 aromatic carbocycles. The number of anilines is 1. The molecular formula is C19H20FN3O2. The van der Waals surface area contributed by atoms with Crippen LogP contribution in [0.1, 0.15) is 17.7 Å². The van der Waals surface area contributed by atoms with Gasteiger partial charge in [0.1, 0.15) is 11.7 Å². The van der Waals surface area contributed by atoms with Crippen molar-refractivity contribution in [3.63, 3.8) is 0 Å². The summed E-state index contributed by atoms with van der Waals surface area (Å²) in [6.45, 7) is 2.66. The normalized spacial score (nSPS) is 17.0. The number of nitrogens with zero attached hydrogens (tertiary/aromatic N) is 2. The lowest BCUT2D eigenvalue weighted by atomic mass is 10.1. The van der Waals surface area contributed by atoms with Gasteiger partial charge in [-0.25, -0.2) is 4.39 Å². The Morgan fingerprint density at radius 3 is 2.92 bits per heavy atom. The second-order valence-electron chi connectivity index (χ2n) is 6.12. The van der Waals surface area contributed by atoms with Gasteiger partial charge in [-0.15, -0.1) is 0 Å². The SMILES string of the molecule is Cc1cc(F)ccc1N1CCC(C(=O)NCCc2ccccn2)C1=O. The summed E-state index contributed by atoms with van der Waals surface area (Å²) in [5.74, 6) is -1.52. The zero-order valence-corrected chi connectivity index (χ0v) is 14.0. The van der Waals surface area contributed by atoms with Crippen LogP contribution in [0.15, 0.2) is 42.6 Å². The molecule has 2 aromatic rings. The summed E-state index contributed by atoms with van der Waals surface area (Å²) in [4.78, 5) is 30.7. The fourth-order valence-corrected chi connectivity index (χ4v) is 3.07. The summed E-state index contributed by atoms with van der Waals surface area (Å²) in [6.07, 6.45) is 2.79. The van der Waals surface area contributed by atoms with E-state index in [2.05, 4.69) is 10.3 Å². The number of aromatic nitrogens is 1. The predicted octanol–water partition coefficient (Wildman–Crippen LogP) is 2.24. The maximum absolute atomic E-state index is 13.2. The number of nitrogens with one attached hydrogen (secondary N) is 1. The van der Waals surface area contributed by atoms with Crippen LogP contribution in [-0.2, 0) is 16.0 Å². The zero-order chi connectivity index (χ0) is 17.8. The van der Waals surface area contributed by atoms with E-state index in [9.17, 15) is 14.0 Å². The number of carbonyl (C=O) groups excluding carboxylic acids is 2. The van der Waals surface area contributed by atoms with Crippen molar-refractivity contribution in [1.82, 2.24) is 10.3 Å². The number of hydrogen-bond acceptors (Lipinski definition) is 3. The number of benzene rings is 1. The van der Waals surface area contributed by atoms with Crippen molar-refractivity contribution in [1.29, 1.82) is 0 Å². The molecule has 2 heterocycles. The van der Waals surface area contributed by atoms with E-state index in [4.69, 9.17) is 0 Å². The van der Waals surface area contributed by atoms with Crippen molar-refractivity contribution in [2.24, 2.45) is 5.92 Å². The molecule has 3 rings (SSSR count). The van der Waals surface area contributed by atoms with Crippen LogP contribution in [0, 0.1) is 18.7 Å². The molecule has 1 unspecified atom stereocenters. The molecule has 2 amide bonds. The van der Waals surface area contributed by atoms with Crippen LogP contribution >= 0.6 is 0 Å². The monoisotopic (exact) mass is 341 g/mol. The first-order chi connectivity index (χ1) is 12.1. The molecule has 1 atom stereocenters. The number of carbonyl (C=O) groups is 2. The molecule has 0 radical (unpaired) electrons. The number of hydrogen-bond donors (Lipinski definition) is 1. The Balaban J connectivity index is 1.58. The van der Waals surface area contributed by atoms with Gasteiger partial charge in [-0.1, -0.05) is 6.07 Å². The van der Waals surface area contributed by atoms with E-state index in [1.54, 1.807) is 24.1 Å². The smallest absolute Gasteiger partial charge is 0.239 e. The number of aryl methyl sites for hydroxylation is 1. The molecule has 1 aromatic heterocycles. The van der Waals surface area contributed by atoms with Crippen molar-refractivity contribution in [2.75, 3.05) is 18.0 Å². The molecule has 5 nitrogen and oxygen atoms in total. The topological polar surface area (TPSA) is 62.3 Å². The molecular weight excluding hydrogens is 321 g/mol. The lowest BCUT2D eigenvalue weighted by molar-refractivity contribution is -0.132. The van der Waals surface area contributed by atoms with Crippen molar-refractivity contribution >= 4 is 17.5 Å². The number of pyridine rings is 1. The van der Waals surface area contributed by atoms with Crippen LogP contribution < -0.4 is 10.2 Å². The third-order valence-corrected chi connectivity index (χ3v) is 4.38. The maximum Gasteiger partial charge on any atom is 0.239 e. The van der Waals surface area contributed by atoms with Gasteiger partial charge < -0.3 is 10.2 Å². The maximum atomic E-state index is 13.2. The first kappa shape index (κ1) is 17.1. The Labute approximate surface area is 145 Å². The Kier molecular flexibility index (Phi) is 5.07. The Morgan fingerprint density at radius 2 is 2.20 bits per heavy atom. The van der Waals surface area contributed by atoms with Gasteiger partial charge in [0.2, 0.25) is 11.8 Å². The van der Waals surface area contributed by atoms with Crippen molar-refractivity contribution < 1.29 is 14.0 Å². The lowest BCUT2D eigenvalue weighted by Crippen LogP contribution is -2.37. The molecule has 1 aliphatic rings. The van der Waals surface area contributed by atoms with Crippen LogP contribution in [0.2, 0.25) is 0 Å². The lowest BCUT2D eigenvalue weighted by Gasteiger charge is -2.19. The first-order valence-electron chi connectivity index (χ1n) is 8.31. The Bertz CT molecular complexity index is 779. The summed E-state index contributed by atoms with van der Waals surface area (Å²) in [6, 6.07) is 9.94. The Morgan fingerprint density at radius 1 is 1.36 bits per heavy atom. The fraction of sp³-hybridized carbons (Fsp3) is 0.316. The van der Waals surface area contributed by atoms with E-state index in [1.165, 1.54) is 12.1 Å². The standard InChI is InChI=1S/C19H20FN3O2/c1-13-12-14(20)5-6-17(13)23-11-8-16(19(23)25)18(24)22-10-7-15-4-2-3-9-21-15/h2-6,9,12,16H,7-8,10-11H2,1H3,(H,22,24). The highest BCUT2D eigenvalue weighted by Crippen LogP contribution is 2.28. The average Bonchev–Trinajstić information content (AvgIpc) is 2.97. The molecule has 0 bridgehead atoms. The minimum Gasteiger partial charge on any atom is -0.355 e. The molecule has 1 aliphatic heterocycles. The quantitative estimate of drug-likeness (QED) is 0.849. The largest absolute Gasteiger partial charge is 0.355 e. The van der Waals surface area contributed by atoms with Gasteiger partial charge in [0.15, 0.2) is 0 Å². The van der Waals surface area contributed by atoms with Gasteiger partial charge in [0.05, 0.1) is 0 Å². The molecule has 0 aliphatic carbocycles. The summed E-state index contributed by atoms with van der Waals surface area (Å²) in [7, 11) is 0. The fourth-order valence-electron chi connectivity index (χ4n) is 3.07. The van der Waals surface area contributed by atoms with Gasteiger partial charge in [-0.2, -0.15) is 0 Å². The first-order valence-corrected chi connectivity index (χ1v) is 8.31. The third-order valence-electron chi connectivity index (χ3n) is 4.38. The van der Waals surface area contributed by atoms with E-state index in [-0.39, 0.29) is 17.6 Å². The van der Waals surface area contributed by atoms with E-state index >= 15 is 0 Å². The molecule has 1 saturated heterocycles. The summed E-state index contributed by atoms with van der Waals surface area (Å²) >= 11 is 0. The van der Waals surface area contributed by atoms with Crippen LogP contribution in [0.25, 0.3) is 0 Å². The minimum absolute atomic E-state index is 0.231. The minimum atomic E-state index is -0.687. The van der Waals surface area contributed by atoms with Gasteiger partial charge in [-0.05, 0) is 49.2 Å². The van der Waals surface area contributed by atoms with E-state index in [0.717, 1.165) is 5.69 Å². The summed E-state index contributed by atoms with van der Waals surface area (Å²) in [5, 5.41) is 2.81. The highest BCUT2D eigenvalue weighted by molar-refractivity contribution is 6.09. The molecule has 1 N–H and O–H groups in total. The van der Waals surface area contributed by atoms with Crippen molar-refractivity contribution in [3.8, 4) is 0 Å². The molecule has 25 heavy (non-hydrogen) atoms. The van der Waals surface area contributed by atoms with Crippen molar-refractivity contribution in [2.45, 2.75) is 19.8 Å². The van der Waals surface area contributed by atoms with Gasteiger partial charge >= 0.3 is 0 Å². The van der Waals surface area contributed by atoms with Crippen LogP contribution in [0.5, 0.6) is 0 Å². The van der Waals surface area contributed by atoms with Gasteiger partial charge in [-0.3, -0.25) is 14.6 Å². The third kappa shape index (κ3) is 3.84. The van der Waals surface area contributed by atoms with E-state index in [1.807, 2.05) is 18.2 Å². The number of rotatable bonds is 5. The molecule has 0 saturated carbocycles. The van der Waals surface area contributed by atoms with Crippen LogP contribution in [0.4, 0.5) is 10.1 Å². The molecule has 0 spiro atoms. The average molecular weight is 341 g/mol. The molecule has 130 valence electrons. The molecule has 6 heteroatoms. The van der Waals surface area contributed by atoms with E-state index in [0.29, 0.717) is 37.2 Å². The van der Waals surface area contributed by atoms with Crippen LogP contribution in [0.3, 0.4) is 0 Å². The highest BCUT2D eigenvalue weighted by Gasteiger charge is 2.37. The summed E-state index contributed by atoms with van der Waals surface area (Å²) < 4.78 is 13.2. The van der Waals surface area contributed by atoms with E-state index < -0.39 is 5.92 Å². The predicted molar refractivity (Wildman–Crippen MR) is 92.5 cm³/mol. The number of amides is 2. The molecule has 1 fully saturated rings. The zero-order valence-electron chi connectivity index (χ0n) is 14.0. The van der Waals surface area contributed by atoms with Crippen molar-refractivity contribution in [3.05, 3.63) is 59.7 Å². The van der Waals surface area contributed by atoms with Gasteiger partial charge in [0.25, 0.3) is 0 Å².